The lowest BCUT2D eigenvalue weighted by atomic mass is 9.88. The second-order valence-electron chi connectivity index (χ2n) is 9.81. The molecule has 11 heteroatoms. The van der Waals surface area contributed by atoms with Gasteiger partial charge in [-0.1, -0.05) is 13.0 Å². The van der Waals surface area contributed by atoms with Gasteiger partial charge >= 0.3 is 10.1 Å². The van der Waals surface area contributed by atoms with Crippen molar-refractivity contribution in [1.29, 1.82) is 0 Å². The maximum atomic E-state index is 13.3. The first kappa shape index (κ1) is 28.4. The summed E-state index contributed by atoms with van der Waals surface area (Å²) in [6.07, 6.45) is -0.400. The number of nitrogens with zero attached hydrogens (tertiary/aromatic N) is 1. The molecule has 39 heavy (non-hydrogen) atoms. The molecule has 1 aromatic heterocycles. The van der Waals surface area contributed by atoms with Crippen molar-refractivity contribution in [2.75, 3.05) is 30.1 Å². The Labute approximate surface area is 232 Å². The van der Waals surface area contributed by atoms with E-state index in [1.165, 1.54) is 24.5 Å². The van der Waals surface area contributed by atoms with Crippen molar-refractivity contribution in [3.05, 3.63) is 57.8 Å². The zero-order valence-corrected chi connectivity index (χ0v) is 24.4. The zero-order valence-electron chi connectivity index (χ0n) is 22.7. The normalized spacial score (nSPS) is 15.2. The summed E-state index contributed by atoms with van der Waals surface area (Å²) in [6.45, 7) is 7.73. The molecule has 1 aliphatic heterocycles. The number of carbonyl (C=O) groups excluding carboxylic acids is 2. The predicted molar refractivity (Wildman–Crippen MR) is 152 cm³/mol. The second-order valence-corrected chi connectivity index (χ2v) is 12.8. The number of aryl methyl sites for hydroxylation is 1. The van der Waals surface area contributed by atoms with Gasteiger partial charge < -0.3 is 23.9 Å². The lowest BCUT2D eigenvalue weighted by molar-refractivity contribution is -0.131. The highest BCUT2D eigenvalue weighted by atomic mass is 32.2. The number of likely N-dealkylation sites (N-methyl/N-ethyl adjacent to an activating group) is 1. The number of amides is 1. The van der Waals surface area contributed by atoms with Crippen LogP contribution in [-0.2, 0) is 24.4 Å². The van der Waals surface area contributed by atoms with Gasteiger partial charge in [0.05, 0.1) is 29.1 Å². The van der Waals surface area contributed by atoms with Crippen LogP contribution in [0.3, 0.4) is 0 Å². The maximum Gasteiger partial charge on any atom is 0.309 e. The molecule has 4 rings (SSSR count). The van der Waals surface area contributed by atoms with Crippen molar-refractivity contribution in [3.63, 3.8) is 0 Å². The van der Waals surface area contributed by atoms with Gasteiger partial charge in [0.2, 0.25) is 0 Å². The zero-order chi connectivity index (χ0) is 28.5. The fraction of sp³-hybridized carbons (Fsp3) is 0.357. The molecule has 3 aromatic rings. The first-order chi connectivity index (χ1) is 18.4. The summed E-state index contributed by atoms with van der Waals surface area (Å²) < 4.78 is 41.1. The van der Waals surface area contributed by atoms with Gasteiger partial charge in [-0.3, -0.25) is 9.59 Å². The summed E-state index contributed by atoms with van der Waals surface area (Å²) in [6, 6.07) is 12.3. The Morgan fingerprint density at radius 1 is 1.13 bits per heavy atom. The number of hydrogen-bond acceptors (Lipinski definition) is 9. The number of ether oxygens (including phenoxy) is 2. The minimum Gasteiger partial charge on any atom is -0.496 e. The number of benzene rings is 2. The summed E-state index contributed by atoms with van der Waals surface area (Å²) >= 11 is 1.48. The van der Waals surface area contributed by atoms with Crippen molar-refractivity contribution in [3.8, 4) is 22.6 Å². The Morgan fingerprint density at radius 2 is 1.85 bits per heavy atom. The van der Waals surface area contributed by atoms with E-state index in [9.17, 15) is 18.0 Å². The van der Waals surface area contributed by atoms with Crippen LogP contribution < -0.4 is 19.1 Å². The van der Waals surface area contributed by atoms with E-state index in [1.54, 1.807) is 44.9 Å². The summed E-state index contributed by atoms with van der Waals surface area (Å²) in [5, 5.41) is 3.31. The van der Waals surface area contributed by atoms with Crippen LogP contribution in [0.2, 0.25) is 0 Å². The third kappa shape index (κ3) is 5.60. The van der Waals surface area contributed by atoms with Crippen LogP contribution in [-0.4, -0.2) is 46.2 Å². The van der Waals surface area contributed by atoms with Crippen molar-refractivity contribution < 1.29 is 31.7 Å². The average molecular weight is 573 g/mol. The molecule has 0 saturated carbocycles. The van der Waals surface area contributed by atoms with E-state index in [1.807, 2.05) is 31.2 Å². The Hall–Kier alpha value is -3.57. The fourth-order valence-corrected chi connectivity index (χ4v) is 6.70. The fourth-order valence-electron chi connectivity index (χ4n) is 4.79. The Balaban J connectivity index is 1.98. The molecule has 1 unspecified atom stereocenters. The number of nitrogens with one attached hydrogen (secondary N) is 1. The van der Waals surface area contributed by atoms with Crippen LogP contribution in [0.5, 0.6) is 11.5 Å². The smallest absolute Gasteiger partial charge is 0.309 e. The Morgan fingerprint density at radius 3 is 2.46 bits per heavy atom. The molecule has 0 aliphatic carbocycles. The van der Waals surface area contributed by atoms with E-state index in [2.05, 4.69) is 5.32 Å². The summed E-state index contributed by atoms with van der Waals surface area (Å²) in [4.78, 5) is 28.5. The molecule has 1 aliphatic rings. The van der Waals surface area contributed by atoms with Crippen LogP contribution in [0.15, 0.2) is 42.5 Å². The van der Waals surface area contributed by atoms with Crippen LogP contribution in [0.1, 0.15) is 48.6 Å². The molecular formula is C28H32N2O7S2. The van der Waals surface area contributed by atoms with E-state index < -0.39 is 21.8 Å². The van der Waals surface area contributed by atoms with Gasteiger partial charge in [-0.15, -0.1) is 11.3 Å². The third-order valence-corrected chi connectivity index (χ3v) is 8.85. The molecule has 208 valence electrons. The van der Waals surface area contributed by atoms with Crippen LogP contribution in [0.4, 0.5) is 11.4 Å². The number of hydrogen-bond donors (Lipinski definition) is 1. The number of carbonyl (C=O) groups is 2. The monoisotopic (exact) mass is 572 g/mol. The second kappa shape index (κ2) is 10.9. The quantitative estimate of drug-likeness (QED) is 0.258. The maximum absolute atomic E-state index is 13.3. The molecule has 1 amide bonds. The highest BCUT2D eigenvalue weighted by molar-refractivity contribution is 7.87. The Kier molecular flexibility index (Phi) is 7.94. The highest BCUT2D eigenvalue weighted by Crippen LogP contribution is 2.49. The Bertz CT molecular complexity index is 1510. The van der Waals surface area contributed by atoms with Gasteiger partial charge in [-0.05, 0) is 63.1 Å². The summed E-state index contributed by atoms with van der Waals surface area (Å²) in [5.74, 6) is 0.206. The lowest BCUT2D eigenvalue weighted by Gasteiger charge is -2.40. The van der Waals surface area contributed by atoms with Gasteiger partial charge in [-0.25, -0.2) is 0 Å². The third-order valence-electron chi connectivity index (χ3n) is 6.45. The van der Waals surface area contributed by atoms with E-state index in [0.29, 0.717) is 46.7 Å². The minimum atomic E-state index is -3.75. The van der Waals surface area contributed by atoms with Crippen molar-refractivity contribution in [1.82, 2.24) is 0 Å². The first-order valence-electron chi connectivity index (χ1n) is 12.4. The molecule has 0 spiro atoms. The molecule has 1 atom stereocenters. The summed E-state index contributed by atoms with van der Waals surface area (Å²) in [5.41, 5.74) is 2.27. The van der Waals surface area contributed by atoms with Gasteiger partial charge in [-0.2, -0.15) is 8.42 Å². The summed E-state index contributed by atoms with van der Waals surface area (Å²) in [7, 11) is -0.581. The molecule has 1 N–H and O–H groups in total. The van der Waals surface area contributed by atoms with E-state index >= 15 is 0 Å². The molecule has 2 aromatic carbocycles. The van der Waals surface area contributed by atoms with Gasteiger partial charge in [0.1, 0.15) is 17.0 Å². The largest absolute Gasteiger partial charge is 0.496 e. The molecule has 9 nitrogen and oxygen atoms in total. The van der Waals surface area contributed by atoms with Gasteiger partial charge in [0.25, 0.3) is 12.4 Å². The number of thiophene rings is 1. The molecule has 0 bridgehead atoms. The standard InChI is InChI=1S/C28H32N2O7S2/c1-7-14-39(33,34)37-18-9-10-19(22(15-18)35-6)20-11-12-21-25(30(5)27(32)28(3,4)29-21)24(20)26(36-16-31)23-13-8-17(2)38-23/h8-13,15-16,26,29H,7,14H2,1-6H3. The molecule has 0 saturated heterocycles. The topological polar surface area (TPSA) is 111 Å². The highest BCUT2D eigenvalue weighted by Gasteiger charge is 2.40. The van der Waals surface area contributed by atoms with Gasteiger partial charge in [0.15, 0.2) is 6.10 Å². The number of anilines is 2. The van der Waals surface area contributed by atoms with E-state index in [-0.39, 0.29) is 17.4 Å². The van der Waals surface area contributed by atoms with Crippen molar-refractivity contribution in [2.45, 2.75) is 45.8 Å². The molecule has 2 heterocycles. The van der Waals surface area contributed by atoms with E-state index in [0.717, 1.165) is 9.75 Å². The SMILES string of the molecule is CCCS(=O)(=O)Oc1ccc(-c2ccc3c(c2C(OC=O)c2ccc(C)s2)N(C)C(=O)C(C)(C)N3)c(OC)c1. The van der Waals surface area contributed by atoms with Crippen molar-refractivity contribution >= 4 is 45.2 Å². The van der Waals surface area contributed by atoms with Gasteiger partial charge in [0, 0.05) is 29.1 Å². The van der Waals surface area contributed by atoms with Crippen molar-refractivity contribution in [2.24, 2.45) is 0 Å². The first-order valence-corrected chi connectivity index (χ1v) is 14.8. The number of rotatable bonds is 10. The van der Waals surface area contributed by atoms with E-state index in [4.69, 9.17) is 13.7 Å². The van der Waals surface area contributed by atoms with Crippen LogP contribution in [0, 0.1) is 6.92 Å². The van der Waals surface area contributed by atoms with Crippen LogP contribution >= 0.6 is 11.3 Å². The average Bonchev–Trinajstić information content (AvgIpc) is 3.31. The molecule has 0 fully saturated rings. The predicted octanol–water partition coefficient (Wildman–Crippen LogP) is 5.28. The minimum absolute atomic E-state index is 0.110. The lowest BCUT2D eigenvalue weighted by Crippen LogP contribution is -2.52. The number of methoxy groups -OCH3 is 1. The molecular weight excluding hydrogens is 540 g/mol. The van der Waals surface area contributed by atoms with Crippen LogP contribution in [0.25, 0.3) is 11.1 Å². The number of fused-ring (bicyclic) bond motifs is 1. The molecule has 0 radical (unpaired) electrons.